The van der Waals surface area contributed by atoms with E-state index in [0.717, 1.165) is 24.0 Å². The van der Waals surface area contributed by atoms with Gasteiger partial charge in [0.15, 0.2) is 0 Å². The lowest BCUT2D eigenvalue weighted by atomic mass is 9.95. The van der Waals surface area contributed by atoms with E-state index >= 15 is 0 Å². The molecule has 2 heterocycles. The predicted molar refractivity (Wildman–Crippen MR) is 117 cm³/mol. The standard InChI is InChI=1S/C25H27NO5/c1-3-30-19-12-10-17(11-13-19)22-21(23(27)18-8-6-16(2)7-9-18)24(28)25(29)26(22)15-20-5-4-14-31-20/h6-13,20,22,27H,3-5,14-15H2,1-2H3/b23-21-. The molecule has 0 saturated carbocycles. The molecule has 2 saturated heterocycles. The van der Waals surface area contributed by atoms with Crippen molar-refractivity contribution in [3.8, 4) is 5.75 Å². The summed E-state index contributed by atoms with van der Waals surface area (Å²) in [5, 5.41) is 11.1. The first kappa shape index (κ1) is 21.1. The van der Waals surface area contributed by atoms with Crippen LogP contribution in [0.5, 0.6) is 5.75 Å². The van der Waals surface area contributed by atoms with Gasteiger partial charge >= 0.3 is 0 Å². The summed E-state index contributed by atoms with van der Waals surface area (Å²) in [4.78, 5) is 27.6. The number of ether oxygens (including phenoxy) is 2. The number of aryl methyl sites for hydroxylation is 1. The zero-order valence-electron chi connectivity index (χ0n) is 17.8. The van der Waals surface area contributed by atoms with Crippen LogP contribution in [-0.2, 0) is 14.3 Å². The van der Waals surface area contributed by atoms with Crippen LogP contribution in [0.4, 0.5) is 0 Å². The fourth-order valence-electron chi connectivity index (χ4n) is 4.20. The summed E-state index contributed by atoms with van der Waals surface area (Å²) in [6.45, 7) is 5.37. The molecule has 2 aromatic rings. The van der Waals surface area contributed by atoms with E-state index in [2.05, 4.69) is 0 Å². The van der Waals surface area contributed by atoms with Gasteiger partial charge in [-0.15, -0.1) is 0 Å². The van der Waals surface area contributed by atoms with Gasteiger partial charge < -0.3 is 19.5 Å². The van der Waals surface area contributed by atoms with Crippen LogP contribution in [-0.4, -0.2) is 47.6 Å². The summed E-state index contributed by atoms with van der Waals surface area (Å²) in [7, 11) is 0. The molecular weight excluding hydrogens is 394 g/mol. The van der Waals surface area contributed by atoms with Gasteiger partial charge in [0.1, 0.15) is 11.5 Å². The number of aliphatic hydroxyl groups excluding tert-OH is 1. The lowest BCUT2D eigenvalue weighted by molar-refractivity contribution is -0.140. The van der Waals surface area contributed by atoms with Gasteiger partial charge in [0, 0.05) is 18.7 Å². The van der Waals surface area contributed by atoms with Gasteiger partial charge in [0.05, 0.1) is 24.3 Å². The first-order chi connectivity index (χ1) is 15.0. The van der Waals surface area contributed by atoms with Gasteiger partial charge in [-0.25, -0.2) is 0 Å². The Morgan fingerprint density at radius 3 is 2.45 bits per heavy atom. The minimum absolute atomic E-state index is 0.107. The number of benzene rings is 2. The molecule has 2 aromatic carbocycles. The van der Waals surface area contributed by atoms with Crippen LogP contribution in [0.2, 0.25) is 0 Å². The normalized spacial score (nSPS) is 22.8. The van der Waals surface area contributed by atoms with Crippen molar-refractivity contribution in [1.82, 2.24) is 4.90 Å². The first-order valence-electron chi connectivity index (χ1n) is 10.7. The highest BCUT2D eigenvalue weighted by Crippen LogP contribution is 2.40. The molecule has 0 spiro atoms. The third kappa shape index (κ3) is 4.21. The highest BCUT2D eigenvalue weighted by Gasteiger charge is 2.47. The fourth-order valence-corrected chi connectivity index (χ4v) is 4.20. The topological polar surface area (TPSA) is 76.1 Å². The first-order valence-corrected chi connectivity index (χ1v) is 10.7. The molecule has 2 fully saturated rings. The average Bonchev–Trinajstić information content (AvgIpc) is 3.37. The van der Waals surface area contributed by atoms with Gasteiger partial charge in [0.2, 0.25) is 0 Å². The average molecular weight is 421 g/mol. The molecule has 0 aliphatic carbocycles. The molecule has 162 valence electrons. The molecule has 6 heteroatoms. The number of aliphatic hydroxyl groups is 1. The van der Waals surface area contributed by atoms with Gasteiger partial charge in [0.25, 0.3) is 11.7 Å². The maximum absolute atomic E-state index is 13.0. The Hall–Kier alpha value is -3.12. The zero-order chi connectivity index (χ0) is 22.0. The van der Waals surface area contributed by atoms with E-state index in [0.29, 0.717) is 31.1 Å². The second kappa shape index (κ2) is 8.94. The quantitative estimate of drug-likeness (QED) is 0.434. The summed E-state index contributed by atoms with van der Waals surface area (Å²) in [6.07, 6.45) is 1.67. The lowest BCUT2D eigenvalue weighted by Crippen LogP contribution is -2.36. The van der Waals surface area contributed by atoms with E-state index in [9.17, 15) is 14.7 Å². The molecule has 0 bridgehead atoms. The van der Waals surface area contributed by atoms with E-state index in [-0.39, 0.29) is 17.4 Å². The SMILES string of the molecule is CCOc1ccc(C2/C(=C(/O)c3ccc(C)cc3)C(=O)C(=O)N2CC2CCCO2)cc1. The molecule has 31 heavy (non-hydrogen) atoms. The number of nitrogens with zero attached hydrogens (tertiary/aromatic N) is 1. The van der Waals surface area contributed by atoms with Crippen molar-refractivity contribution in [2.45, 2.75) is 38.8 Å². The zero-order valence-corrected chi connectivity index (χ0v) is 17.8. The number of amides is 1. The molecule has 2 aliphatic heterocycles. The number of carbonyl (C=O) groups is 2. The molecule has 2 aliphatic rings. The molecule has 4 rings (SSSR count). The maximum atomic E-state index is 13.0. The molecule has 2 unspecified atom stereocenters. The van der Waals surface area contributed by atoms with E-state index < -0.39 is 17.7 Å². The van der Waals surface area contributed by atoms with Gasteiger partial charge in [-0.3, -0.25) is 9.59 Å². The predicted octanol–water partition coefficient (Wildman–Crippen LogP) is 3.99. The van der Waals surface area contributed by atoms with Crippen LogP contribution in [0.1, 0.15) is 42.5 Å². The van der Waals surface area contributed by atoms with Crippen LogP contribution in [0, 0.1) is 6.92 Å². The third-order valence-corrected chi connectivity index (χ3v) is 5.80. The number of rotatable bonds is 6. The fraction of sp³-hybridized carbons (Fsp3) is 0.360. The molecule has 0 aromatic heterocycles. The highest BCUT2D eigenvalue weighted by molar-refractivity contribution is 6.46. The van der Waals surface area contributed by atoms with Crippen LogP contribution in [0.25, 0.3) is 5.76 Å². The Kier molecular flexibility index (Phi) is 6.09. The monoisotopic (exact) mass is 421 g/mol. The van der Waals surface area contributed by atoms with Crippen molar-refractivity contribution in [1.29, 1.82) is 0 Å². The van der Waals surface area contributed by atoms with Crippen molar-refractivity contribution in [3.63, 3.8) is 0 Å². The summed E-state index contributed by atoms with van der Waals surface area (Å²) in [5.74, 6) is -0.731. The molecule has 0 radical (unpaired) electrons. The third-order valence-electron chi connectivity index (χ3n) is 5.80. The summed E-state index contributed by atoms with van der Waals surface area (Å²) >= 11 is 0. The van der Waals surface area contributed by atoms with Crippen molar-refractivity contribution >= 4 is 17.4 Å². The summed E-state index contributed by atoms with van der Waals surface area (Å²) in [5.41, 5.74) is 2.40. The summed E-state index contributed by atoms with van der Waals surface area (Å²) < 4.78 is 11.2. The van der Waals surface area contributed by atoms with Crippen LogP contribution in [0.15, 0.2) is 54.1 Å². The van der Waals surface area contributed by atoms with Crippen LogP contribution >= 0.6 is 0 Å². The number of ketones is 1. The Morgan fingerprint density at radius 2 is 1.84 bits per heavy atom. The van der Waals surface area contributed by atoms with Gasteiger partial charge in [-0.1, -0.05) is 42.0 Å². The van der Waals surface area contributed by atoms with E-state index in [4.69, 9.17) is 9.47 Å². The minimum Gasteiger partial charge on any atom is -0.507 e. The number of likely N-dealkylation sites (tertiary alicyclic amines) is 1. The second-order valence-corrected chi connectivity index (χ2v) is 7.95. The Labute approximate surface area is 182 Å². The molecule has 6 nitrogen and oxygen atoms in total. The van der Waals surface area contributed by atoms with Crippen molar-refractivity contribution in [2.24, 2.45) is 0 Å². The maximum Gasteiger partial charge on any atom is 0.295 e. The Balaban J connectivity index is 1.78. The number of carbonyl (C=O) groups excluding carboxylic acids is 2. The van der Waals surface area contributed by atoms with E-state index in [1.165, 1.54) is 4.90 Å². The van der Waals surface area contributed by atoms with Crippen LogP contribution < -0.4 is 4.74 Å². The van der Waals surface area contributed by atoms with Crippen molar-refractivity contribution in [2.75, 3.05) is 19.8 Å². The Morgan fingerprint density at radius 1 is 1.13 bits per heavy atom. The Bertz CT molecular complexity index is 988. The van der Waals surface area contributed by atoms with Crippen LogP contribution in [0.3, 0.4) is 0 Å². The van der Waals surface area contributed by atoms with E-state index in [1.807, 2.05) is 50.2 Å². The second-order valence-electron chi connectivity index (χ2n) is 7.95. The van der Waals surface area contributed by atoms with Crippen molar-refractivity contribution < 1.29 is 24.2 Å². The largest absolute Gasteiger partial charge is 0.507 e. The molecule has 1 N–H and O–H groups in total. The number of hydrogen-bond donors (Lipinski definition) is 1. The van der Waals surface area contributed by atoms with E-state index in [1.54, 1.807) is 12.1 Å². The van der Waals surface area contributed by atoms with Gasteiger partial charge in [-0.2, -0.15) is 0 Å². The van der Waals surface area contributed by atoms with Gasteiger partial charge in [-0.05, 0) is 44.4 Å². The highest BCUT2D eigenvalue weighted by atomic mass is 16.5. The minimum atomic E-state index is -0.679. The van der Waals surface area contributed by atoms with Crippen molar-refractivity contribution in [3.05, 3.63) is 70.8 Å². The number of Topliss-reactive ketones (excluding diaryl/α,β-unsaturated/α-hetero) is 1. The smallest absolute Gasteiger partial charge is 0.295 e. The lowest BCUT2D eigenvalue weighted by Gasteiger charge is -2.27. The molecular formula is C25H27NO5. The number of hydrogen-bond acceptors (Lipinski definition) is 5. The molecule has 1 amide bonds. The summed E-state index contributed by atoms with van der Waals surface area (Å²) in [6, 6.07) is 13.9. The molecule has 2 atom stereocenters.